The molecule has 0 radical (unpaired) electrons. The largest absolute Gasteiger partial charge is 0.375 e. The topological polar surface area (TPSA) is 21.3 Å². The molecule has 2 rings (SSSR count). The maximum atomic E-state index is 5.76. The molecule has 1 aliphatic rings. The first kappa shape index (κ1) is 11.6. The van der Waals surface area contributed by atoms with Crippen LogP contribution >= 0.6 is 0 Å². The molecule has 1 aliphatic heterocycles. The molecule has 2 heteroatoms. The van der Waals surface area contributed by atoms with E-state index in [0.29, 0.717) is 6.10 Å². The number of hydrogen-bond donors (Lipinski definition) is 1. The second-order valence-electron chi connectivity index (χ2n) is 4.78. The van der Waals surface area contributed by atoms with Crippen molar-refractivity contribution in [2.45, 2.75) is 33.3 Å². The molecule has 1 aromatic rings. The molecule has 0 aliphatic carbocycles. The Morgan fingerprint density at radius 2 is 1.94 bits per heavy atom. The van der Waals surface area contributed by atoms with Crippen LogP contribution in [0.2, 0.25) is 0 Å². The molecule has 0 spiro atoms. The summed E-state index contributed by atoms with van der Waals surface area (Å²) in [5, 5.41) is 3.38. The number of hydrogen-bond acceptors (Lipinski definition) is 2. The highest BCUT2D eigenvalue weighted by molar-refractivity contribution is 5.37. The Bertz CT molecular complexity index is 344. The fourth-order valence-corrected chi connectivity index (χ4v) is 2.51. The standard InChI is InChI=1S/C14H21NO/c1-10-6-11(2)14(12(3)7-10)8-13-9-15-4-5-16-13/h6-7,13,15H,4-5,8-9H2,1-3H3. The Morgan fingerprint density at radius 1 is 1.25 bits per heavy atom. The van der Waals surface area contributed by atoms with E-state index in [2.05, 4.69) is 38.2 Å². The third kappa shape index (κ3) is 2.63. The fraction of sp³-hybridized carbons (Fsp3) is 0.571. The molecule has 0 amide bonds. The average molecular weight is 219 g/mol. The van der Waals surface area contributed by atoms with Crippen LogP contribution in [0.1, 0.15) is 22.3 Å². The SMILES string of the molecule is Cc1cc(C)c(CC2CNCCO2)c(C)c1. The van der Waals surface area contributed by atoms with Crippen molar-refractivity contribution in [2.75, 3.05) is 19.7 Å². The molecule has 1 saturated heterocycles. The van der Waals surface area contributed by atoms with Crippen molar-refractivity contribution in [3.05, 3.63) is 34.4 Å². The minimum absolute atomic E-state index is 0.342. The molecule has 0 bridgehead atoms. The second kappa shape index (κ2) is 4.98. The van der Waals surface area contributed by atoms with Gasteiger partial charge < -0.3 is 10.1 Å². The van der Waals surface area contributed by atoms with Crippen molar-refractivity contribution in [3.63, 3.8) is 0 Å². The molecule has 0 saturated carbocycles. The Kier molecular flexibility index (Phi) is 3.62. The number of aryl methyl sites for hydroxylation is 3. The molecule has 1 fully saturated rings. The molecular formula is C14H21NO. The molecule has 1 N–H and O–H groups in total. The van der Waals surface area contributed by atoms with E-state index in [9.17, 15) is 0 Å². The number of morpholine rings is 1. The molecule has 2 nitrogen and oxygen atoms in total. The van der Waals surface area contributed by atoms with E-state index in [4.69, 9.17) is 4.74 Å². The van der Waals surface area contributed by atoms with Crippen LogP contribution in [0.4, 0.5) is 0 Å². The number of ether oxygens (including phenoxy) is 1. The minimum Gasteiger partial charge on any atom is -0.375 e. The van der Waals surface area contributed by atoms with E-state index in [-0.39, 0.29) is 0 Å². The third-order valence-corrected chi connectivity index (χ3v) is 3.28. The van der Waals surface area contributed by atoms with Crippen LogP contribution in [0.15, 0.2) is 12.1 Å². The van der Waals surface area contributed by atoms with Gasteiger partial charge in [0.15, 0.2) is 0 Å². The predicted molar refractivity (Wildman–Crippen MR) is 67.0 cm³/mol. The fourth-order valence-electron chi connectivity index (χ4n) is 2.51. The van der Waals surface area contributed by atoms with E-state index in [1.165, 1.54) is 22.3 Å². The quantitative estimate of drug-likeness (QED) is 0.823. The first-order valence-electron chi connectivity index (χ1n) is 6.06. The Labute approximate surface area is 98.0 Å². The molecule has 1 heterocycles. The van der Waals surface area contributed by atoms with Gasteiger partial charge in [0.1, 0.15) is 0 Å². The normalized spacial score (nSPS) is 21.1. The van der Waals surface area contributed by atoms with Gasteiger partial charge in [-0.2, -0.15) is 0 Å². The summed E-state index contributed by atoms with van der Waals surface area (Å²) in [5.74, 6) is 0. The lowest BCUT2D eigenvalue weighted by atomic mass is 9.95. The van der Waals surface area contributed by atoms with Gasteiger partial charge in [-0.05, 0) is 37.5 Å². The lowest BCUT2D eigenvalue weighted by Gasteiger charge is -2.25. The van der Waals surface area contributed by atoms with Gasteiger partial charge in [0.2, 0.25) is 0 Å². The number of rotatable bonds is 2. The van der Waals surface area contributed by atoms with Crippen LogP contribution in [0, 0.1) is 20.8 Å². The highest BCUT2D eigenvalue weighted by Gasteiger charge is 2.16. The zero-order valence-electron chi connectivity index (χ0n) is 10.5. The van der Waals surface area contributed by atoms with E-state index in [0.717, 1.165) is 26.1 Å². The van der Waals surface area contributed by atoms with Crippen molar-refractivity contribution in [3.8, 4) is 0 Å². The Balaban J connectivity index is 2.14. The lowest BCUT2D eigenvalue weighted by Crippen LogP contribution is -2.39. The summed E-state index contributed by atoms with van der Waals surface area (Å²) in [6.45, 7) is 9.36. The van der Waals surface area contributed by atoms with Crippen LogP contribution < -0.4 is 5.32 Å². The van der Waals surface area contributed by atoms with E-state index < -0.39 is 0 Å². The van der Waals surface area contributed by atoms with Crippen LogP contribution in [0.3, 0.4) is 0 Å². The van der Waals surface area contributed by atoms with Gasteiger partial charge in [0.25, 0.3) is 0 Å². The first-order chi connectivity index (χ1) is 7.66. The number of benzene rings is 1. The second-order valence-corrected chi connectivity index (χ2v) is 4.78. The summed E-state index contributed by atoms with van der Waals surface area (Å²) >= 11 is 0. The van der Waals surface area contributed by atoms with Gasteiger partial charge in [-0.3, -0.25) is 0 Å². The Hall–Kier alpha value is -0.860. The smallest absolute Gasteiger partial charge is 0.0740 e. The van der Waals surface area contributed by atoms with Crippen LogP contribution in [-0.2, 0) is 11.2 Å². The van der Waals surface area contributed by atoms with E-state index in [1.54, 1.807) is 0 Å². The third-order valence-electron chi connectivity index (χ3n) is 3.28. The van der Waals surface area contributed by atoms with Crippen molar-refractivity contribution in [2.24, 2.45) is 0 Å². The van der Waals surface area contributed by atoms with E-state index in [1.807, 2.05) is 0 Å². The van der Waals surface area contributed by atoms with Crippen LogP contribution in [0.5, 0.6) is 0 Å². The summed E-state index contributed by atoms with van der Waals surface area (Å²) in [6, 6.07) is 4.52. The van der Waals surface area contributed by atoms with Gasteiger partial charge in [-0.1, -0.05) is 17.7 Å². The molecular weight excluding hydrogens is 198 g/mol. The van der Waals surface area contributed by atoms with Gasteiger partial charge in [-0.25, -0.2) is 0 Å². The van der Waals surface area contributed by atoms with Gasteiger partial charge >= 0.3 is 0 Å². The summed E-state index contributed by atoms with van der Waals surface area (Å²) < 4.78 is 5.76. The van der Waals surface area contributed by atoms with Crippen molar-refractivity contribution >= 4 is 0 Å². The van der Waals surface area contributed by atoms with Crippen molar-refractivity contribution in [1.29, 1.82) is 0 Å². The first-order valence-corrected chi connectivity index (χ1v) is 6.06. The van der Waals surface area contributed by atoms with Gasteiger partial charge in [-0.15, -0.1) is 0 Å². The molecule has 88 valence electrons. The molecule has 1 unspecified atom stereocenters. The van der Waals surface area contributed by atoms with Crippen LogP contribution in [-0.4, -0.2) is 25.8 Å². The predicted octanol–water partition coefficient (Wildman–Crippen LogP) is 2.14. The number of nitrogens with one attached hydrogen (secondary N) is 1. The summed E-state index contributed by atoms with van der Waals surface area (Å²) in [6.07, 6.45) is 1.37. The van der Waals surface area contributed by atoms with Gasteiger partial charge in [0.05, 0.1) is 12.7 Å². The zero-order valence-corrected chi connectivity index (χ0v) is 10.5. The molecule has 0 aromatic heterocycles. The summed E-state index contributed by atoms with van der Waals surface area (Å²) in [5.41, 5.74) is 5.60. The molecule has 16 heavy (non-hydrogen) atoms. The van der Waals surface area contributed by atoms with Crippen molar-refractivity contribution < 1.29 is 4.74 Å². The average Bonchev–Trinajstić information content (AvgIpc) is 2.25. The van der Waals surface area contributed by atoms with Crippen molar-refractivity contribution in [1.82, 2.24) is 5.32 Å². The monoisotopic (exact) mass is 219 g/mol. The maximum Gasteiger partial charge on any atom is 0.0740 e. The maximum absolute atomic E-state index is 5.76. The van der Waals surface area contributed by atoms with E-state index >= 15 is 0 Å². The minimum atomic E-state index is 0.342. The summed E-state index contributed by atoms with van der Waals surface area (Å²) in [7, 11) is 0. The van der Waals surface area contributed by atoms with Gasteiger partial charge in [0, 0.05) is 19.5 Å². The van der Waals surface area contributed by atoms with Crippen LogP contribution in [0.25, 0.3) is 0 Å². The highest BCUT2D eigenvalue weighted by atomic mass is 16.5. The lowest BCUT2D eigenvalue weighted by molar-refractivity contribution is 0.0290. The molecule has 1 aromatic carbocycles. The zero-order chi connectivity index (χ0) is 11.5. The summed E-state index contributed by atoms with van der Waals surface area (Å²) in [4.78, 5) is 0. The highest BCUT2D eigenvalue weighted by Crippen LogP contribution is 2.19. The Morgan fingerprint density at radius 3 is 2.50 bits per heavy atom. The molecule has 1 atom stereocenters.